The number of nitrogens with zero attached hydrogens (tertiary/aromatic N) is 2. The van der Waals surface area contributed by atoms with E-state index in [1.54, 1.807) is 0 Å². The summed E-state index contributed by atoms with van der Waals surface area (Å²) < 4.78 is 0. The first-order valence-electron chi connectivity index (χ1n) is 5.44. The second-order valence-corrected chi connectivity index (χ2v) is 4.06. The highest BCUT2D eigenvalue weighted by molar-refractivity contribution is 5.27. The van der Waals surface area contributed by atoms with Gasteiger partial charge in [-0.15, -0.1) is 5.53 Å². The summed E-state index contributed by atoms with van der Waals surface area (Å²) in [5.74, 6) is 0. The molecule has 0 atom stereocenters. The van der Waals surface area contributed by atoms with Crippen LogP contribution < -0.4 is 11.0 Å². The Morgan fingerprint density at radius 3 is 1.88 bits per heavy atom. The summed E-state index contributed by atoms with van der Waals surface area (Å²) in [6, 6.07) is 6.56. The van der Waals surface area contributed by atoms with Gasteiger partial charge in [-0.3, -0.25) is 0 Å². The van der Waals surface area contributed by atoms with E-state index < -0.39 is 5.03 Å². The van der Waals surface area contributed by atoms with Gasteiger partial charge in [0.15, 0.2) is 5.03 Å². The van der Waals surface area contributed by atoms with Gasteiger partial charge >= 0.3 is 0 Å². The van der Waals surface area contributed by atoms with Crippen molar-refractivity contribution in [1.82, 2.24) is 16.1 Å². The number of benzene rings is 1. The molecule has 1 saturated heterocycles. The third-order valence-corrected chi connectivity index (χ3v) is 2.22. The molecule has 94 valence electrons. The fourth-order valence-corrected chi connectivity index (χ4v) is 1.69. The summed E-state index contributed by atoms with van der Waals surface area (Å²) in [6.07, 6.45) is 0. The van der Waals surface area contributed by atoms with E-state index >= 15 is 0 Å². The molecule has 6 heteroatoms. The van der Waals surface area contributed by atoms with Gasteiger partial charge in [0, 0.05) is 6.54 Å². The molecule has 1 aromatic carbocycles. The van der Waals surface area contributed by atoms with Gasteiger partial charge in [0.2, 0.25) is 0 Å². The number of hydrogen-bond acceptors (Lipinski definition) is 4. The Labute approximate surface area is 101 Å². The van der Waals surface area contributed by atoms with E-state index in [2.05, 4.69) is 49.9 Å². The molecule has 1 fully saturated rings. The van der Waals surface area contributed by atoms with Crippen LogP contribution >= 0.6 is 0 Å². The van der Waals surface area contributed by atoms with Crippen LogP contribution in [0.15, 0.2) is 18.2 Å². The molecule has 2 N–H and O–H groups in total. The maximum absolute atomic E-state index is 9.83. The molecule has 17 heavy (non-hydrogen) atoms. The van der Waals surface area contributed by atoms with Crippen LogP contribution in [0, 0.1) is 30.9 Å². The summed E-state index contributed by atoms with van der Waals surface area (Å²) in [4.78, 5) is 9.83. The van der Waals surface area contributed by atoms with E-state index in [0.717, 1.165) is 5.12 Å². The first-order chi connectivity index (χ1) is 7.99. The third kappa shape index (κ3) is 4.80. The van der Waals surface area contributed by atoms with Crippen LogP contribution in [0.4, 0.5) is 0 Å². The van der Waals surface area contributed by atoms with E-state index in [1.807, 2.05) is 0 Å². The zero-order valence-corrected chi connectivity index (χ0v) is 10.4. The Kier molecular flexibility index (Phi) is 4.86. The minimum absolute atomic E-state index is 0.410. The Bertz CT molecular complexity index is 339. The van der Waals surface area contributed by atoms with E-state index in [9.17, 15) is 10.1 Å². The maximum Gasteiger partial charge on any atom is 0.177 e. The fraction of sp³-hybridized carbons (Fsp3) is 0.455. The summed E-state index contributed by atoms with van der Waals surface area (Å²) in [5, 5.41) is 10.2. The number of rotatable bonds is 1. The second-order valence-electron chi connectivity index (χ2n) is 4.06. The average molecular weight is 238 g/mol. The molecule has 0 aromatic heterocycles. The fourth-order valence-electron chi connectivity index (χ4n) is 1.69. The molecular formula is C11H18N4O2. The monoisotopic (exact) mass is 238 g/mol. The predicted molar refractivity (Wildman–Crippen MR) is 65.5 cm³/mol. The molecule has 2 rings (SSSR count). The molecule has 1 aliphatic heterocycles. The zero-order valence-electron chi connectivity index (χ0n) is 10.4. The van der Waals surface area contributed by atoms with Gasteiger partial charge in [0.05, 0.1) is 0 Å². The van der Waals surface area contributed by atoms with E-state index in [4.69, 9.17) is 0 Å². The van der Waals surface area contributed by atoms with Gasteiger partial charge in [-0.2, -0.15) is 0 Å². The molecule has 0 radical (unpaired) electrons. The Balaban J connectivity index is 0.000000171. The molecule has 0 bridgehead atoms. The van der Waals surface area contributed by atoms with Gasteiger partial charge < -0.3 is 0 Å². The average Bonchev–Trinajstić information content (AvgIpc) is 2.68. The summed E-state index contributed by atoms with van der Waals surface area (Å²) in [5.41, 5.74) is 8.99. The van der Waals surface area contributed by atoms with Crippen molar-refractivity contribution >= 4 is 0 Å². The molecule has 1 heterocycles. The molecule has 0 spiro atoms. The summed E-state index contributed by atoms with van der Waals surface area (Å²) in [7, 11) is 0. The Morgan fingerprint density at radius 1 is 1.18 bits per heavy atom. The SMILES string of the molecule is Cc1cc(C)cc(C)c1.O=[N+]([O-])N1CCNN1. The smallest absolute Gasteiger partial charge is 0.177 e. The quantitative estimate of drug-likeness (QED) is 0.566. The highest BCUT2D eigenvalue weighted by Gasteiger charge is 2.17. The molecule has 6 nitrogen and oxygen atoms in total. The van der Waals surface area contributed by atoms with Crippen molar-refractivity contribution in [2.75, 3.05) is 13.1 Å². The highest BCUT2D eigenvalue weighted by atomic mass is 16.7. The van der Waals surface area contributed by atoms with Crippen LogP contribution in [0.5, 0.6) is 0 Å². The van der Waals surface area contributed by atoms with Crippen molar-refractivity contribution in [3.05, 3.63) is 45.0 Å². The van der Waals surface area contributed by atoms with Gasteiger partial charge in [-0.1, -0.05) is 34.9 Å². The van der Waals surface area contributed by atoms with Crippen molar-refractivity contribution in [3.63, 3.8) is 0 Å². The molecule has 0 saturated carbocycles. The third-order valence-electron chi connectivity index (χ3n) is 2.22. The number of hydrogen-bond donors (Lipinski definition) is 2. The molecule has 0 unspecified atom stereocenters. The maximum atomic E-state index is 9.83. The van der Waals surface area contributed by atoms with Crippen LogP contribution in [-0.4, -0.2) is 23.2 Å². The zero-order chi connectivity index (χ0) is 12.8. The lowest BCUT2D eigenvalue weighted by atomic mass is 10.1. The molecule has 0 aliphatic carbocycles. The Hall–Kier alpha value is -1.66. The molecular weight excluding hydrogens is 220 g/mol. The van der Waals surface area contributed by atoms with Crippen molar-refractivity contribution in [2.45, 2.75) is 20.8 Å². The summed E-state index contributed by atoms with van der Waals surface area (Å²) >= 11 is 0. The molecule has 1 aliphatic rings. The number of nitro groups is 1. The van der Waals surface area contributed by atoms with Crippen LogP contribution in [0.1, 0.15) is 16.7 Å². The van der Waals surface area contributed by atoms with Crippen molar-refractivity contribution in [3.8, 4) is 0 Å². The second kappa shape index (κ2) is 6.17. The first-order valence-corrected chi connectivity index (χ1v) is 5.44. The van der Waals surface area contributed by atoms with Gasteiger partial charge in [0.1, 0.15) is 6.54 Å². The minimum Gasteiger partial charge on any atom is -0.233 e. The van der Waals surface area contributed by atoms with Crippen LogP contribution in [0.3, 0.4) is 0 Å². The Morgan fingerprint density at radius 2 is 1.65 bits per heavy atom. The highest BCUT2D eigenvalue weighted by Crippen LogP contribution is 2.06. The van der Waals surface area contributed by atoms with Gasteiger partial charge in [0.25, 0.3) is 0 Å². The molecule has 0 amide bonds. The minimum atomic E-state index is -0.500. The number of nitrogens with one attached hydrogen (secondary N) is 2. The first kappa shape index (κ1) is 13.4. The number of hydrazine groups is 3. The van der Waals surface area contributed by atoms with Crippen LogP contribution in [-0.2, 0) is 0 Å². The molecule has 1 aromatic rings. The van der Waals surface area contributed by atoms with Gasteiger partial charge in [-0.25, -0.2) is 15.5 Å². The lowest BCUT2D eigenvalue weighted by molar-refractivity contribution is -0.666. The topological polar surface area (TPSA) is 70.4 Å². The van der Waals surface area contributed by atoms with Crippen LogP contribution in [0.25, 0.3) is 0 Å². The van der Waals surface area contributed by atoms with Crippen molar-refractivity contribution in [2.24, 2.45) is 0 Å². The number of aryl methyl sites for hydroxylation is 3. The van der Waals surface area contributed by atoms with E-state index in [1.165, 1.54) is 16.7 Å². The lowest BCUT2D eigenvalue weighted by Crippen LogP contribution is -2.39. The van der Waals surface area contributed by atoms with Crippen molar-refractivity contribution < 1.29 is 5.03 Å². The van der Waals surface area contributed by atoms with E-state index in [-0.39, 0.29) is 0 Å². The van der Waals surface area contributed by atoms with Crippen molar-refractivity contribution in [1.29, 1.82) is 0 Å². The largest absolute Gasteiger partial charge is 0.233 e. The van der Waals surface area contributed by atoms with Gasteiger partial charge in [-0.05, 0) is 25.9 Å². The lowest BCUT2D eigenvalue weighted by Gasteiger charge is -2.01. The normalized spacial score (nSPS) is 14.2. The standard InChI is InChI=1S/C9H12.C2H6N4O2/c1-7-4-8(2)6-9(3)5-7;7-6(8)5-2-1-3-4-5/h4-6H,1-3H3;3-4H,1-2H2. The summed E-state index contributed by atoms with van der Waals surface area (Å²) in [6.45, 7) is 7.40. The van der Waals surface area contributed by atoms with E-state index in [0.29, 0.717) is 13.1 Å². The predicted octanol–water partition coefficient (Wildman–Crippen LogP) is 1.11. The van der Waals surface area contributed by atoms with Crippen LogP contribution in [0.2, 0.25) is 0 Å².